The van der Waals surface area contributed by atoms with Crippen molar-refractivity contribution in [3.05, 3.63) is 34.4 Å². The van der Waals surface area contributed by atoms with Gasteiger partial charge in [-0.2, -0.15) is 0 Å². The molecule has 1 spiro atoms. The normalized spacial score (nSPS) is 53.3. The third-order valence-electron chi connectivity index (χ3n) is 11.5. The molecular formula is C28H36O9. The van der Waals surface area contributed by atoms with Crippen LogP contribution in [-0.2, 0) is 23.7 Å². The molecular weight excluding hydrogens is 480 g/mol. The number of hydrogen-bond acceptors (Lipinski definition) is 9. The van der Waals surface area contributed by atoms with E-state index in [1.165, 1.54) is 13.0 Å². The van der Waals surface area contributed by atoms with Gasteiger partial charge in [-0.05, 0) is 67.9 Å². The van der Waals surface area contributed by atoms with E-state index in [-0.39, 0.29) is 36.0 Å². The quantitative estimate of drug-likeness (QED) is 0.583. The van der Waals surface area contributed by atoms with Gasteiger partial charge in [-0.3, -0.25) is 4.79 Å². The Hall–Kier alpha value is -1.78. The second kappa shape index (κ2) is 7.45. The van der Waals surface area contributed by atoms with Gasteiger partial charge in [-0.15, -0.1) is 0 Å². The van der Waals surface area contributed by atoms with Gasteiger partial charge < -0.3 is 33.6 Å². The van der Waals surface area contributed by atoms with Crippen molar-refractivity contribution in [1.82, 2.24) is 0 Å². The van der Waals surface area contributed by atoms with Crippen LogP contribution in [0.4, 0.5) is 0 Å². The molecule has 7 fully saturated rings. The lowest BCUT2D eigenvalue weighted by Gasteiger charge is -2.75. The molecule has 202 valence electrons. The lowest BCUT2D eigenvalue weighted by Crippen LogP contribution is -2.85. The Kier molecular flexibility index (Phi) is 4.88. The van der Waals surface area contributed by atoms with E-state index in [1.54, 1.807) is 13.2 Å². The first-order valence-corrected chi connectivity index (χ1v) is 13.7. The predicted octanol–water partition coefficient (Wildman–Crippen LogP) is 2.62. The summed E-state index contributed by atoms with van der Waals surface area (Å²) in [6.45, 7) is 5.40. The van der Waals surface area contributed by atoms with Crippen LogP contribution in [0.5, 0.6) is 0 Å². The average Bonchev–Trinajstić information content (AvgIpc) is 3.12. The Balaban J connectivity index is 1.32. The van der Waals surface area contributed by atoms with Crippen molar-refractivity contribution < 1.29 is 38.4 Å². The van der Waals surface area contributed by atoms with E-state index < -0.39 is 46.3 Å². The van der Waals surface area contributed by atoms with Gasteiger partial charge in [0.15, 0.2) is 0 Å². The molecule has 4 bridgehead atoms. The Labute approximate surface area is 215 Å². The molecule has 1 aromatic rings. The van der Waals surface area contributed by atoms with Crippen LogP contribution in [0.25, 0.3) is 0 Å². The summed E-state index contributed by atoms with van der Waals surface area (Å²) in [4.78, 5) is 23.7. The summed E-state index contributed by atoms with van der Waals surface area (Å²) in [7, 11) is 0. The standard InChI is InChI=1S/C28H36O9/c1-15(29)34-14-27-18-6-9-24(2)17(16-4-5-21(30)33-13-16)8-11-28(24,32)19(18)7-10-26(27)12-20-22(31)23(27)36-25(3,35-20)37-26/h4-5,13,17-20,22-23,31-32H,6-12,14H2,1-3H3/t17-,18+,19-,20-,22-,23-,24-,25-,26+,27+,28+/m1/s1. The van der Waals surface area contributed by atoms with Crippen LogP contribution < -0.4 is 5.63 Å². The van der Waals surface area contributed by atoms with Gasteiger partial charge in [-0.25, -0.2) is 4.79 Å². The maximum Gasteiger partial charge on any atom is 0.335 e. The van der Waals surface area contributed by atoms with Crippen molar-refractivity contribution in [2.24, 2.45) is 22.7 Å². The van der Waals surface area contributed by atoms with E-state index in [2.05, 4.69) is 6.92 Å². The minimum Gasteiger partial charge on any atom is -0.465 e. The fraction of sp³-hybridized carbons (Fsp3) is 0.786. The smallest absolute Gasteiger partial charge is 0.335 e. The van der Waals surface area contributed by atoms with Gasteiger partial charge in [0.1, 0.15) is 18.8 Å². The summed E-state index contributed by atoms with van der Waals surface area (Å²) >= 11 is 0. The van der Waals surface area contributed by atoms with Crippen LogP contribution in [0.2, 0.25) is 0 Å². The lowest BCUT2D eigenvalue weighted by atomic mass is 9.40. The van der Waals surface area contributed by atoms with Gasteiger partial charge >= 0.3 is 11.6 Å². The fourth-order valence-corrected chi connectivity index (χ4v) is 10.0. The highest BCUT2D eigenvalue weighted by molar-refractivity contribution is 5.66. The SMILES string of the molecule is CC(=O)OC[C@]12[C@@H]3O[C@@]4(C)O[C@H](C[C@]1(CC[C@@H]1[C@@H]2CC[C@]2(C)[C@@H](c5ccc(=O)oc5)CC[C@]12O)O4)[C@H]3O. The average molecular weight is 517 g/mol. The van der Waals surface area contributed by atoms with E-state index in [0.717, 1.165) is 31.2 Å². The molecule has 0 radical (unpaired) electrons. The first-order valence-electron chi connectivity index (χ1n) is 13.7. The molecule has 4 saturated carbocycles. The summed E-state index contributed by atoms with van der Waals surface area (Å²) in [6, 6.07) is 3.28. The minimum atomic E-state index is -1.24. The van der Waals surface area contributed by atoms with Gasteiger partial charge in [-0.1, -0.05) is 6.92 Å². The Bertz CT molecular complexity index is 1180. The first-order chi connectivity index (χ1) is 17.5. The number of hydrogen-bond donors (Lipinski definition) is 2. The highest BCUT2D eigenvalue weighted by Gasteiger charge is 2.81. The molecule has 8 rings (SSSR count). The summed E-state index contributed by atoms with van der Waals surface area (Å²) in [6.07, 6.45) is 4.53. The van der Waals surface area contributed by atoms with Crippen LogP contribution in [0.3, 0.4) is 0 Å². The maximum absolute atomic E-state index is 12.6. The Morgan fingerprint density at radius 1 is 1.11 bits per heavy atom. The second-order valence-corrected chi connectivity index (χ2v) is 12.8. The zero-order chi connectivity index (χ0) is 26.0. The molecule has 4 aliphatic carbocycles. The lowest BCUT2D eigenvalue weighted by molar-refractivity contribution is -0.565. The van der Waals surface area contributed by atoms with Crippen molar-refractivity contribution in [2.45, 2.75) is 107 Å². The van der Waals surface area contributed by atoms with Gasteiger partial charge in [0.05, 0.1) is 29.0 Å². The van der Waals surface area contributed by atoms with Crippen molar-refractivity contribution >= 4 is 5.97 Å². The van der Waals surface area contributed by atoms with Gasteiger partial charge in [0, 0.05) is 31.7 Å². The molecule has 7 aliphatic rings. The molecule has 0 amide bonds. The molecule has 4 heterocycles. The predicted molar refractivity (Wildman–Crippen MR) is 127 cm³/mol. The summed E-state index contributed by atoms with van der Waals surface area (Å²) in [5.74, 6) is -1.72. The molecule has 3 aliphatic heterocycles. The topological polar surface area (TPSA) is 125 Å². The maximum atomic E-state index is 12.6. The highest BCUT2D eigenvalue weighted by atomic mass is 16.9. The van der Waals surface area contributed by atoms with Crippen LogP contribution in [0, 0.1) is 22.7 Å². The van der Waals surface area contributed by atoms with Crippen molar-refractivity contribution in [3.63, 3.8) is 0 Å². The molecule has 0 aromatic carbocycles. The number of fused-ring (bicyclic) bond motifs is 3. The fourth-order valence-electron chi connectivity index (χ4n) is 10.0. The molecule has 3 saturated heterocycles. The van der Waals surface area contributed by atoms with Crippen LogP contribution in [0.15, 0.2) is 27.6 Å². The molecule has 0 unspecified atom stereocenters. The minimum absolute atomic E-state index is 0.0620. The van der Waals surface area contributed by atoms with Crippen LogP contribution in [-0.4, -0.2) is 58.3 Å². The van der Waals surface area contributed by atoms with Gasteiger partial charge in [0.25, 0.3) is 5.97 Å². The van der Waals surface area contributed by atoms with Crippen molar-refractivity contribution in [2.75, 3.05) is 6.61 Å². The number of aliphatic hydroxyl groups is 2. The number of ether oxygens (including phenoxy) is 4. The zero-order valence-corrected chi connectivity index (χ0v) is 21.6. The molecule has 9 nitrogen and oxygen atoms in total. The van der Waals surface area contributed by atoms with Crippen LogP contribution in [0.1, 0.15) is 77.2 Å². The van der Waals surface area contributed by atoms with E-state index in [0.29, 0.717) is 19.3 Å². The molecule has 9 heteroatoms. The Morgan fingerprint density at radius 3 is 2.62 bits per heavy atom. The van der Waals surface area contributed by atoms with E-state index in [1.807, 2.05) is 6.07 Å². The van der Waals surface area contributed by atoms with Crippen molar-refractivity contribution in [1.29, 1.82) is 0 Å². The van der Waals surface area contributed by atoms with E-state index in [4.69, 9.17) is 23.4 Å². The second-order valence-electron chi connectivity index (χ2n) is 12.8. The molecule has 2 N–H and O–H groups in total. The third-order valence-corrected chi connectivity index (χ3v) is 11.5. The summed E-state index contributed by atoms with van der Waals surface area (Å²) in [5.41, 5.74) is -2.29. The number of rotatable bonds is 3. The molecule has 11 atom stereocenters. The molecule has 37 heavy (non-hydrogen) atoms. The number of carbonyl (C=O) groups is 1. The number of carbonyl (C=O) groups excluding carboxylic acids is 1. The zero-order valence-electron chi connectivity index (χ0n) is 21.6. The summed E-state index contributed by atoms with van der Waals surface area (Å²) in [5, 5.41) is 24.0. The number of esters is 1. The number of aliphatic hydroxyl groups excluding tert-OH is 1. The largest absolute Gasteiger partial charge is 0.465 e. The Morgan fingerprint density at radius 2 is 1.89 bits per heavy atom. The van der Waals surface area contributed by atoms with Crippen LogP contribution >= 0.6 is 0 Å². The first kappa shape index (κ1) is 24.3. The highest BCUT2D eigenvalue weighted by Crippen LogP contribution is 2.74. The van der Waals surface area contributed by atoms with Gasteiger partial charge in [0.2, 0.25) is 0 Å². The summed E-state index contributed by atoms with van der Waals surface area (Å²) < 4.78 is 29.9. The third kappa shape index (κ3) is 2.87. The molecule has 1 aromatic heterocycles. The van der Waals surface area contributed by atoms with E-state index >= 15 is 0 Å². The van der Waals surface area contributed by atoms with Crippen molar-refractivity contribution in [3.8, 4) is 0 Å². The monoisotopic (exact) mass is 516 g/mol. The van der Waals surface area contributed by atoms with E-state index in [9.17, 15) is 19.8 Å².